The summed E-state index contributed by atoms with van der Waals surface area (Å²) in [5.41, 5.74) is 10.1. The molecule has 0 aliphatic rings. The van der Waals surface area contributed by atoms with Crippen LogP contribution in [0.5, 0.6) is 23.0 Å². The molecule has 0 amide bonds. The zero-order valence-corrected chi connectivity index (χ0v) is 86.1. The van der Waals surface area contributed by atoms with Gasteiger partial charge >= 0.3 is 23.9 Å². The van der Waals surface area contributed by atoms with Gasteiger partial charge in [0.2, 0.25) is 0 Å². The van der Waals surface area contributed by atoms with Crippen molar-refractivity contribution in [1.82, 2.24) is 0 Å². The maximum atomic E-state index is 12.9. The maximum Gasteiger partial charge on any atom is 0.341 e. The molecule has 20 aromatic carbocycles. The molecule has 0 unspecified atom stereocenters. The number of para-hydroxylation sites is 4. The third-order valence-corrected chi connectivity index (χ3v) is 33.7. The first kappa shape index (κ1) is 95.8. The number of benzene rings is 20. The van der Waals surface area contributed by atoms with E-state index in [9.17, 15) is 23.6 Å². The Hall–Kier alpha value is -14.4. The molecule has 16 heteroatoms. The van der Waals surface area contributed by atoms with Gasteiger partial charge in [-0.05, 0) is 255 Å². The van der Waals surface area contributed by atoms with Crippen LogP contribution in [-0.2, 0) is 70.5 Å². The van der Waals surface area contributed by atoms with Crippen LogP contribution in [0.3, 0.4) is 0 Å². The fraction of sp³-hybridized carbons (Fsp3) is 0.0938. The van der Waals surface area contributed by atoms with E-state index in [1.165, 1.54) is 189 Å². The molecule has 0 aliphatic heterocycles. The Kier molecular flexibility index (Phi) is 28.4. The van der Waals surface area contributed by atoms with Crippen molar-refractivity contribution in [3.05, 3.63) is 457 Å². The zero-order chi connectivity index (χ0) is 98.6. The number of rotatable bonds is 24. The average Bonchev–Trinajstić information content (AvgIpc) is 1.59. The van der Waals surface area contributed by atoms with E-state index in [4.69, 9.17) is 30.5 Å². The number of thiophene rings is 4. The SMILES string of the molecule is C=C(CBr)C(=O)Oc1ccccc1CCc1cc2ccccc2c2c1sc1ccc3ccccc3c12.C=C(CCl)C(=O)Oc1ccccc1CCc1cc2ccccc2c2c1sc1ccc3ccccc3c12.C=C(CF)C(=O)Oc1ccccc1CCc1cc2ccccc2c2c1sc1ccc3ccccc3c12.C=C(CI)C(=O)Oc1ccccc1CCc1cc2ccccc2c2c1sc1ccc3ccccc3c12. The number of carbonyl (C=O) groups is 4. The number of hydrogen-bond acceptors (Lipinski definition) is 12. The molecule has 4 aromatic heterocycles. The molecule has 0 atom stereocenters. The molecular formula is C128H92BrClFIO8S4. The molecule has 0 saturated heterocycles. The largest absolute Gasteiger partial charge is 0.423 e. The number of hydrogen-bond donors (Lipinski definition) is 0. The fourth-order valence-electron chi connectivity index (χ4n) is 19.8. The Morgan fingerprint density at radius 3 is 0.708 bits per heavy atom. The smallest absolute Gasteiger partial charge is 0.341 e. The minimum Gasteiger partial charge on any atom is -0.423 e. The molecular weight excluding hydrogens is 2050 g/mol. The third-order valence-electron chi connectivity index (χ3n) is 26.9. The Morgan fingerprint density at radius 2 is 0.465 bits per heavy atom. The van der Waals surface area contributed by atoms with Gasteiger partial charge in [-0.1, -0.05) is 356 Å². The van der Waals surface area contributed by atoms with Crippen molar-refractivity contribution in [2.75, 3.05) is 22.3 Å². The summed E-state index contributed by atoms with van der Waals surface area (Å²) in [4.78, 5) is 49.2. The van der Waals surface area contributed by atoms with Crippen LogP contribution >= 0.6 is 95.5 Å². The molecule has 0 N–H and O–H groups in total. The van der Waals surface area contributed by atoms with Crippen molar-refractivity contribution >= 4 is 286 Å². The second-order valence-corrected chi connectivity index (χ2v) is 41.6. The average molecular weight is 2150 g/mol. The van der Waals surface area contributed by atoms with Crippen molar-refractivity contribution < 1.29 is 42.5 Å². The van der Waals surface area contributed by atoms with Crippen LogP contribution in [0.15, 0.2) is 413 Å². The van der Waals surface area contributed by atoms with Crippen LogP contribution in [0.25, 0.3) is 167 Å². The van der Waals surface area contributed by atoms with Gasteiger partial charge in [0, 0.05) is 107 Å². The van der Waals surface area contributed by atoms with Gasteiger partial charge in [-0.25, -0.2) is 23.6 Å². The second-order valence-electron chi connectivity index (χ2n) is 35.8. The summed E-state index contributed by atoms with van der Waals surface area (Å²) < 4.78 is 46.4. The zero-order valence-electron chi connectivity index (χ0n) is 78.4. The first-order valence-electron chi connectivity index (χ1n) is 47.7. The first-order chi connectivity index (χ1) is 70.5. The molecule has 0 saturated carbocycles. The van der Waals surface area contributed by atoms with Crippen LogP contribution in [0.2, 0.25) is 0 Å². The Morgan fingerprint density at radius 1 is 0.257 bits per heavy atom. The number of aryl methyl sites for hydroxylation is 8. The standard InChI is InChI=1S/C32H23BrO2S.C32H23ClO2S.C32H23FO2S.C32H23IO2S/c4*1-20(19-33)32(34)35-27-13-7-4-9-22(27)14-15-24-18-23-10-3-6-12-26(23)30-29-25-11-5-2-8-21(25)16-17-28(29)36-31(24)30/h4*2-13,16-18H,1,14-15,19H2. The summed E-state index contributed by atoms with van der Waals surface area (Å²) >= 11 is 18.6. The highest BCUT2D eigenvalue weighted by molar-refractivity contribution is 14.1. The van der Waals surface area contributed by atoms with Crippen LogP contribution in [-0.4, -0.2) is 46.2 Å². The van der Waals surface area contributed by atoms with Crippen LogP contribution in [0, 0.1) is 0 Å². The van der Waals surface area contributed by atoms with E-state index in [1.54, 1.807) is 6.07 Å². The number of alkyl halides is 4. The highest BCUT2D eigenvalue weighted by Crippen LogP contribution is 2.50. The lowest BCUT2D eigenvalue weighted by Crippen LogP contribution is -2.13. The molecule has 24 aromatic rings. The van der Waals surface area contributed by atoms with Crippen LogP contribution in [0.1, 0.15) is 44.5 Å². The lowest BCUT2D eigenvalue weighted by atomic mass is 9.95. The van der Waals surface area contributed by atoms with E-state index < -0.39 is 24.6 Å². The summed E-state index contributed by atoms with van der Waals surface area (Å²) in [5, 5.41) is 31.3. The number of carbonyl (C=O) groups excluding carboxylic acids is 4. The van der Waals surface area contributed by atoms with Crippen molar-refractivity contribution in [2.45, 2.75) is 51.4 Å². The van der Waals surface area contributed by atoms with Gasteiger partial charge in [0.15, 0.2) is 0 Å². The second kappa shape index (κ2) is 42.7. The summed E-state index contributed by atoms with van der Waals surface area (Å²) in [6.07, 6.45) is 6.30. The van der Waals surface area contributed by atoms with Crippen molar-refractivity contribution in [3.8, 4) is 23.0 Å². The van der Waals surface area contributed by atoms with Gasteiger partial charge in [0.05, 0.1) is 11.5 Å². The van der Waals surface area contributed by atoms with E-state index in [1.807, 2.05) is 136 Å². The van der Waals surface area contributed by atoms with Crippen LogP contribution in [0.4, 0.5) is 4.39 Å². The normalized spacial score (nSPS) is 11.5. The number of ether oxygens (including phenoxy) is 4. The molecule has 24 rings (SSSR count). The molecule has 4 heterocycles. The van der Waals surface area contributed by atoms with Crippen molar-refractivity contribution in [3.63, 3.8) is 0 Å². The van der Waals surface area contributed by atoms with Crippen molar-refractivity contribution in [2.24, 2.45) is 0 Å². The minimum atomic E-state index is -0.920. The number of halogens is 4. The predicted molar refractivity (Wildman–Crippen MR) is 621 cm³/mol. The molecule has 0 bridgehead atoms. The summed E-state index contributed by atoms with van der Waals surface area (Å²) in [6.45, 7) is 13.8. The summed E-state index contributed by atoms with van der Waals surface area (Å²) in [6, 6.07) is 127. The van der Waals surface area contributed by atoms with E-state index in [0.29, 0.717) is 50.3 Å². The molecule has 0 radical (unpaired) electrons. The van der Waals surface area contributed by atoms with E-state index in [2.05, 4.69) is 332 Å². The first-order valence-corrected chi connectivity index (χ1v) is 54.1. The fourth-order valence-corrected chi connectivity index (χ4v) is 25.5. The van der Waals surface area contributed by atoms with Gasteiger partial charge in [-0.15, -0.1) is 56.9 Å². The monoisotopic (exact) mass is 2140 g/mol. The Labute approximate surface area is 874 Å². The van der Waals surface area contributed by atoms with E-state index in [-0.39, 0.29) is 23.0 Å². The molecule has 8 nitrogen and oxygen atoms in total. The van der Waals surface area contributed by atoms with Gasteiger partial charge < -0.3 is 18.9 Å². The van der Waals surface area contributed by atoms with Crippen molar-refractivity contribution in [1.29, 1.82) is 0 Å². The minimum absolute atomic E-state index is 0.0523. The Bertz CT molecular complexity index is 8260. The van der Waals surface area contributed by atoms with Crippen LogP contribution < -0.4 is 18.9 Å². The Balaban J connectivity index is 0.000000113. The molecule has 0 aliphatic carbocycles. The number of fused-ring (bicyclic) bond motifs is 28. The summed E-state index contributed by atoms with van der Waals surface area (Å²) in [7, 11) is 0. The van der Waals surface area contributed by atoms with Gasteiger partial charge in [-0.3, -0.25) is 0 Å². The highest BCUT2D eigenvalue weighted by Gasteiger charge is 2.25. The molecule has 144 heavy (non-hydrogen) atoms. The maximum absolute atomic E-state index is 12.9. The quantitative estimate of drug-likeness (QED) is 0.0194. The van der Waals surface area contributed by atoms with Gasteiger partial charge in [0.25, 0.3) is 0 Å². The van der Waals surface area contributed by atoms with E-state index in [0.717, 1.165) is 67.2 Å². The molecule has 704 valence electrons. The lowest BCUT2D eigenvalue weighted by Gasteiger charge is -2.12. The highest BCUT2D eigenvalue weighted by atomic mass is 127. The third kappa shape index (κ3) is 19.3. The topological polar surface area (TPSA) is 105 Å². The molecule has 0 fully saturated rings. The molecule has 0 spiro atoms. The number of esters is 4. The van der Waals surface area contributed by atoms with Gasteiger partial charge in [-0.2, -0.15) is 0 Å². The van der Waals surface area contributed by atoms with E-state index >= 15 is 0 Å². The lowest BCUT2D eigenvalue weighted by molar-refractivity contribution is -0.131. The van der Waals surface area contributed by atoms with Gasteiger partial charge in [0.1, 0.15) is 29.7 Å². The summed E-state index contributed by atoms with van der Waals surface area (Å²) in [5.74, 6) is 0.319. The predicted octanol–water partition coefficient (Wildman–Crippen LogP) is 35.5.